The summed E-state index contributed by atoms with van der Waals surface area (Å²) in [4.78, 5) is 16.4. The molecule has 8 heteroatoms. The van der Waals surface area contributed by atoms with Crippen molar-refractivity contribution in [1.82, 2.24) is 4.98 Å². The first kappa shape index (κ1) is 26.6. The van der Waals surface area contributed by atoms with Crippen LogP contribution in [0.3, 0.4) is 0 Å². The minimum Gasteiger partial charge on any atom is -0.383 e. The van der Waals surface area contributed by atoms with Gasteiger partial charge < -0.3 is 5.11 Å². The Morgan fingerprint density at radius 2 is 1.69 bits per heavy atom. The molecule has 0 aliphatic heterocycles. The van der Waals surface area contributed by atoms with Crippen LogP contribution in [0.15, 0.2) is 60.4 Å². The number of nitrogens with zero attached hydrogens (tertiary/aromatic N) is 1. The van der Waals surface area contributed by atoms with Gasteiger partial charge in [-0.25, -0.2) is 0 Å². The van der Waals surface area contributed by atoms with Crippen LogP contribution >= 0.6 is 0 Å². The van der Waals surface area contributed by atoms with Gasteiger partial charge in [0.2, 0.25) is 0 Å². The molecule has 208 valence electrons. The Labute approximate surface area is 224 Å². The third-order valence-electron chi connectivity index (χ3n) is 10.7. The number of hydrogen-bond acceptors (Lipinski definition) is 3. The molecule has 1 heterocycles. The van der Waals surface area contributed by atoms with Crippen LogP contribution in [0.5, 0.6) is 0 Å². The van der Waals surface area contributed by atoms with E-state index < -0.39 is 35.5 Å². The minimum atomic E-state index is -5.84. The van der Waals surface area contributed by atoms with Crippen molar-refractivity contribution in [2.24, 2.45) is 29.1 Å². The highest BCUT2D eigenvalue weighted by Crippen LogP contribution is 2.71. The van der Waals surface area contributed by atoms with E-state index in [9.17, 15) is 23.1 Å². The summed E-state index contributed by atoms with van der Waals surface area (Å²) in [5.41, 5.74) is -0.994. The molecule has 0 unspecified atom stereocenters. The zero-order chi connectivity index (χ0) is 27.8. The van der Waals surface area contributed by atoms with Crippen LogP contribution in [0.1, 0.15) is 63.4 Å². The van der Waals surface area contributed by atoms with Crippen molar-refractivity contribution in [2.75, 3.05) is 0 Å². The Morgan fingerprint density at radius 1 is 0.949 bits per heavy atom. The number of allylic oxidation sites excluding steroid dienone is 1. The summed E-state index contributed by atoms with van der Waals surface area (Å²) in [6.07, 6.45) is 1.26. The SMILES string of the molecule is C[C@]12C[C@H](c3ccc(-c4cccnc4)cc3)[C@H]3[C@@H](CCC4=CC(=O)CC[C@@H]43)[C@@H]1CC[C@@]2(O)C(F)(F)C(F)(F)F. The van der Waals surface area contributed by atoms with Gasteiger partial charge >= 0.3 is 12.1 Å². The summed E-state index contributed by atoms with van der Waals surface area (Å²) >= 11 is 0. The van der Waals surface area contributed by atoms with Gasteiger partial charge in [-0.1, -0.05) is 42.8 Å². The topological polar surface area (TPSA) is 50.2 Å². The molecule has 0 amide bonds. The zero-order valence-electron chi connectivity index (χ0n) is 21.7. The minimum absolute atomic E-state index is 0.0160. The average Bonchev–Trinajstić information content (AvgIpc) is 3.19. The maximum Gasteiger partial charge on any atom is 0.456 e. The van der Waals surface area contributed by atoms with Gasteiger partial charge in [0.15, 0.2) is 5.78 Å². The molecule has 0 saturated heterocycles. The lowest BCUT2D eigenvalue weighted by Gasteiger charge is -2.59. The third-order valence-corrected chi connectivity index (χ3v) is 10.7. The predicted molar refractivity (Wildman–Crippen MR) is 136 cm³/mol. The quantitative estimate of drug-likeness (QED) is 0.406. The number of carbonyl (C=O) groups is 1. The molecular weight excluding hydrogens is 513 g/mol. The maximum absolute atomic E-state index is 15.1. The zero-order valence-corrected chi connectivity index (χ0v) is 21.7. The first-order valence-electron chi connectivity index (χ1n) is 13.8. The molecular formula is C31H32F5NO2. The second-order valence-electron chi connectivity index (χ2n) is 12.3. The van der Waals surface area contributed by atoms with Gasteiger partial charge in [0.1, 0.15) is 5.60 Å². The van der Waals surface area contributed by atoms with Crippen molar-refractivity contribution in [2.45, 2.75) is 75.5 Å². The molecule has 6 rings (SSSR count). The van der Waals surface area contributed by atoms with E-state index in [4.69, 9.17) is 0 Å². The van der Waals surface area contributed by atoms with Crippen molar-refractivity contribution in [3.63, 3.8) is 0 Å². The number of hydrogen-bond donors (Lipinski definition) is 1. The molecule has 1 N–H and O–H groups in total. The molecule has 3 nitrogen and oxygen atoms in total. The van der Waals surface area contributed by atoms with Crippen LogP contribution in [0.2, 0.25) is 0 Å². The lowest BCUT2D eigenvalue weighted by Crippen LogP contribution is -2.66. The van der Waals surface area contributed by atoms with Gasteiger partial charge in [-0.15, -0.1) is 0 Å². The van der Waals surface area contributed by atoms with Gasteiger partial charge in [-0.05, 0) is 96.9 Å². The highest BCUT2D eigenvalue weighted by Gasteiger charge is 2.79. The predicted octanol–water partition coefficient (Wildman–Crippen LogP) is 7.51. The van der Waals surface area contributed by atoms with Crippen molar-refractivity contribution in [3.8, 4) is 11.1 Å². The Morgan fingerprint density at radius 3 is 2.36 bits per heavy atom. The van der Waals surface area contributed by atoms with Crippen LogP contribution in [0.25, 0.3) is 11.1 Å². The Kier molecular flexibility index (Phi) is 6.10. The number of aliphatic hydroxyl groups is 1. The molecule has 1 aromatic heterocycles. The molecule has 0 bridgehead atoms. The molecule has 0 radical (unpaired) electrons. The first-order valence-corrected chi connectivity index (χ1v) is 13.8. The second-order valence-corrected chi connectivity index (χ2v) is 12.3. The number of rotatable bonds is 3. The van der Waals surface area contributed by atoms with Gasteiger partial charge in [0.05, 0.1) is 0 Å². The average molecular weight is 546 g/mol. The number of ketones is 1. The largest absolute Gasteiger partial charge is 0.456 e. The molecule has 2 aromatic rings. The summed E-state index contributed by atoms with van der Waals surface area (Å²) < 4.78 is 71.4. The van der Waals surface area contributed by atoms with Crippen LogP contribution < -0.4 is 0 Å². The molecule has 39 heavy (non-hydrogen) atoms. The summed E-state index contributed by atoms with van der Waals surface area (Å²) in [7, 11) is 0. The lowest BCUT2D eigenvalue weighted by atomic mass is 9.46. The number of pyridine rings is 1. The van der Waals surface area contributed by atoms with Gasteiger partial charge in [0, 0.05) is 24.2 Å². The number of fused-ring (bicyclic) bond motifs is 5. The fraction of sp³-hybridized carbons (Fsp3) is 0.548. The molecule has 0 spiro atoms. The van der Waals surface area contributed by atoms with Crippen molar-refractivity contribution in [1.29, 1.82) is 0 Å². The van der Waals surface area contributed by atoms with Crippen LogP contribution in [-0.4, -0.2) is 33.6 Å². The number of benzene rings is 1. The van der Waals surface area contributed by atoms with E-state index in [0.717, 1.165) is 22.3 Å². The van der Waals surface area contributed by atoms with Crippen LogP contribution in [0, 0.1) is 29.1 Å². The van der Waals surface area contributed by atoms with Crippen LogP contribution in [0.4, 0.5) is 22.0 Å². The van der Waals surface area contributed by atoms with Gasteiger partial charge in [-0.3, -0.25) is 9.78 Å². The van der Waals surface area contributed by atoms with Crippen LogP contribution in [-0.2, 0) is 4.79 Å². The molecule has 1 aromatic carbocycles. The third kappa shape index (κ3) is 3.84. The van der Waals surface area contributed by atoms with Crippen molar-refractivity contribution in [3.05, 3.63) is 66.0 Å². The highest BCUT2D eigenvalue weighted by molar-refractivity contribution is 5.91. The lowest BCUT2D eigenvalue weighted by molar-refractivity contribution is -0.364. The van der Waals surface area contributed by atoms with E-state index in [-0.39, 0.29) is 42.3 Å². The van der Waals surface area contributed by atoms with E-state index in [1.165, 1.54) is 6.92 Å². The van der Waals surface area contributed by atoms with E-state index in [0.29, 0.717) is 25.7 Å². The van der Waals surface area contributed by atoms with E-state index in [1.54, 1.807) is 18.5 Å². The Balaban J connectivity index is 1.45. The summed E-state index contributed by atoms with van der Waals surface area (Å²) in [5, 5.41) is 11.4. The molecule has 4 aliphatic rings. The number of halogens is 5. The Hall–Kier alpha value is -2.61. The molecule has 3 fully saturated rings. The first-order chi connectivity index (χ1) is 18.4. The number of alkyl halides is 5. The van der Waals surface area contributed by atoms with Crippen molar-refractivity contribution < 1.29 is 31.9 Å². The fourth-order valence-corrected chi connectivity index (χ4v) is 8.86. The monoisotopic (exact) mass is 545 g/mol. The van der Waals surface area contributed by atoms with E-state index >= 15 is 8.78 Å². The Bertz CT molecular complexity index is 1290. The standard InChI is InChI=1S/C31H32F5NO2/c1-28-16-25(19-6-4-18(5-7-19)21-3-2-14-37-17-21)27-23-11-9-22(38)15-20(23)8-10-24(27)26(28)12-13-29(28,39)30(32,33)31(34,35)36/h2-7,14-15,17,23-27,39H,8-13,16H2,1H3/t23-,24-,25+,26-,27+,28-,29-/m0/s1. The maximum atomic E-state index is 15.1. The summed E-state index contributed by atoms with van der Waals surface area (Å²) in [5.74, 6) is -5.91. The normalized spacial score (nSPS) is 36.5. The number of carbonyl (C=O) groups excluding carboxylic acids is 1. The van der Waals surface area contributed by atoms with E-state index in [2.05, 4.69) is 4.98 Å². The summed E-state index contributed by atoms with van der Waals surface area (Å²) in [6, 6.07) is 11.5. The van der Waals surface area contributed by atoms with Gasteiger partial charge in [0.25, 0.3) is 0 Å². The van der Waals surface area contributed by atoms with E-state index in [1.807, 2.05) is 36.4 Å². The molecule has 7 atom stereocenters. The number of aromatic nitrogens is 1. The van der Waals surface area contributed by atoms with Crippen molar-refractivity contribution >= 4 is 5.78 Å². The molecule has 4 aliphatic carbocycles. The second kappa shape index (κ2) is 8.95. The van der Waals surface area contributed by atoms with Gasteiger partial charge in [-0.2, -0.15) is 22.0 Å². The highest BCUT2D eigenvalue weighted by atomic mass is 19.4. The smallest absolute Gasteiger partial charge is 0.383 e. The summed E-state index contributed by atoms with van der Waals surface area (Å²) in [6.45, 7) is 1.47. The fourth-order valence-electron chi connectivity index (χ4n) is 8.86. The molecule has 3 saturated carbocycles.